The summed E-state index contributed by atoms with van der Waals surface area (Å²) in [6.07, 6.45) is 8.20. The predicted molar refractivity (Wildman–Crippen MR) is 144 cm³/mol. The van der Waals surface area contributed by atoms with Crippen molar-refractivity contribution in [3.05, 3.63) is 84.4 Å². The largest absolute Gasteiger partial charge is 0.497 e. The third-order valence-electron chi connectivity index (χ3n) is 7.97. The van der Waals surface area contributed by atoms with Crippen LogP contribution in [0, 0.1) is 5.82 Å². The van der Waals surface area contributed by atoms with Crippen LogP contribution in [-0.4, -0.2) is 55.7 Å². The lowest BCUT2D eigenvalue weighted by atomic mass is 9.75. The molecule has 38 heavy (non-hydrogen) atoms. The van der Waals surface area contributed by atoms with Gasteiger partial charge in [0.1, 0.15) is 17.2 Å². The number of methoxy groups -OCH3 is 1. The van der Waals surface area contributed by atoms with Gasteiger partial charge in [-0.1, -0.05) is 18.9 Å². The van der Waals surface area contributed by atoms with Crippen molar-refractivity contribution in [1.29, 1.82) is 0 Å². The van der Waals surface area contributed by atoms with Gasteiger partial charge in [-0.25, -0.2) is 12.8 Å². The van der Waals surface area contributed by atoms with E-state index in [9.17, 15) is 17.9 Å². The van der Waals surface area contributed by atoms with Gasteiger partial charge in [-0.2, -0.15) is 0 Å². The van der Waals surface area contributed by atoms with Crippen molar-refractivity contribution in [1.82, 2.24) is 9.88 Å². The van der Waals surface area contributed by atoms with Crippen molar-refractivity contribution in [2.24, 2.45) is 0 Å². The summed E-state index contributed by atoms with van der Waals surface area (Å²) >= 11 is 0. The third-order valence-corrected chi connectivity index (χ3v) is 9.86. The minimum Gasteiger partial charge on any atom is -0.497 e. The molecule has 0 amide bonds. The van der Waals surface area contributed by atoms with Crippen LogP contribution in [0.15, 0.2) is 78.0 Å². The van der Waals surface area contributed by atoms with Gasteiger partial charge < -0.3 is 9.84 Å². The minimum absolute atomic E-state index is 0.0566. The summed E-state index contributed by atoms with van der Waals surface area (Å²) in [6, 6.07) is 15.4. The standard InChI is InChI=1S/C29H34FN3O4S/c1-37-26-11-13-27(14-12-26)38(35,36)33(24-9-7-23(30)8-10-24)25-15-19-32(20-16-25)28-6-2-3-17-29(28,34)22-5-4-18-31-21-22/h4-5,7-14,18,21,25,28,34H,2-3,6,15-17,19-20H2,1H3. The maximum atomic E-state index is 13.9. The van der Waals surface area contributed by atoms with Crippen molar-refractivity contribution in [3.8, 4) is 5.75 Å². The maximum absolute atomic E-state index is 13.9. The van der Waals surface area contributed by atoms with Gasteiger partial charge in [0.05, 0.1) is 17.7 Å². The van der Waals surface area contributed by atoms with E-state index in [1.165, 1.54) is 47.8 Å². The van der Waals surface area contributed by atoms with Crippen LogP contribution in [0.1, 0.15) is 44.1 Å². The molecule has 2 aromatic carbocycles. The molecule has 1 aliphatic carbocycles. The number of hydrogen-bond donors (Lipinski definition) is 1. The number of piperidine rings is 1. The molecular formula is C29H34FN3O4S. The fraction of sp³-hybridized carbons (Fsp3) is 0.414. The SMILES string of the molecule is COc1ccc(S(=O)(=O)N(c2ccc(F)cc2)C2CCN(C3CCCCC3(O)c3cccnc3)CC2)cc1. The van der Waals surface area contributed by atoms with Gasteiger partial charge in [0.2, 0.25) is 0 Å². The highest BCUT2D eigenvalue weighted by atomic mass is 32.2. The number of benzene rings is 2. The van der Waals surface area contributed by atoms with Crippen LogP contribution in [0.3, 0.4) is 0 Å². The zero-order valence-corrected chi connectivity index (χ0v) is 22.4. The number of nitrogens with zero attached hydrogens (tertiary/aromatic N) is 3. The Hall–Kier alpha value is -3.01. The van der Waals surface area contributed by atoms with Gasteiger partial charge in [-0.05, 0) is 80.3 Å². The number of aliphatic hydroxyl groups is 1. The lowest BCUT2D eigenvalue weighted by Crippen LogP contribution is -2.57. The van der Waals surface area contributed by atoms with Gasteiger partial charge in [-0.3, -0.25) is 14.2 Å². The van der Waals surface area contributed by atoms with Gasteiger partial charge in [0.15, 0.2) is 0 Å². The monoisotopic (exact) mass is 539 g/mol. The number of sulfonamides is 1. The zero-order valence-electron chi connectivity index (χ0n) is 21.5. The number of hydrogen-bond acceptors (Lipinski definition) is 6. The molecule has 3 aromatic rings. The smallest absolute Gasteiger partial charge is 0.264 e. The van der Waals surface area contributed by atoms with Crippen LogP contribution in [-0.2, 0) is 15.6 Å². The number of rotatable bonds is 7. The molecule has 7 nitrogen and oxygen atoms in total. The quantitative estimate of drug-likeness (QED) is 0.468. The lowest BCUT2D eigenvalue weighted by molar-refractivity contribution is -0.0851. The first-order valence-electron chi connectivity index (χ1n) is 13.1. The first-order valence-corrected chi connectivity index (χ1v) is 14.6. The molecule has 202 valence electrons. The number of halogens is 1. The second-order valence-corrected chi connectivity index (χ2v) is 12.0. The van der Waals surface area contributed by atoms with Crippen LogP contribution >= 0.6 is 0 Å². The Bertz CT molecular complexity index is 1310. The fourth-order valence-electron chi connectivity index (χ4n) is 6.00. The molecule has 2 atom stereocenters. The first kappa shape index (κ1) is 26.6. The van der Waals surface area contributed by atoms with Gasteiger partial charge >= 0.3 is 0 Å². The average molecular weight is 540 g/mol. The van der Waals surface area contributed by atoms with E-state index in [0.29, 0.717) is 43.8 Å². The van der Waals surface area contributed by atoms with E-state index in [1.807, 2.05) is 12.1 Å². The summed E-state index contributed by atoms with van der Waals surface area (Å²) in [6.45, 7) is 1.29. The molecule has 1 aromatic heterocycles. The lowest BCUT2D eigenvalue weighted by Gasteiger charge is -2.49. The fourth-order valence-corrected chi connectivity index (χ4v) is 7.71. The Balaban J connectivity index is 1.41. The first-order chi connectivity index (χ1) is 18.3. The van der Waals surface area contributed by atoms with E-state index in [2.05, 4.69) is 9.88 Å². The molecule has 2 aliphatic rings. The molecule has 0 bridgehead atoms. The molecule has 5 rings (SSSR count). The molecule has 1 aliphatic heterocycles. The molecule has 0 spiro atoms. The Kier molecular flexibility index (Phi) is 7.70. The summed E-state index contributed by atoms with van der Waals surface area (Å²) in [4.78, 5) is 6.71. The van der Waals surface area contributed by atoms with Crippen molar-refractivity contribution < 1.29 is 22.7 Å². The Morgan fingerprint density at radius 3 is 2.37 bits per heavy atom. The van der Waals surface area contributed by atoms with E-state index in [-0.39, 0.29) is 17.0 Å². The van der Waals surface area contributed by atoms with E-state index in [1.54, 1.807) is 24.5 Å². The number of aromatic nitrogens is 1. The van der Waals surface area contributed by atoms with Crippen LogP contribution in [0.5, 0.6) is 5.75 Å². The molecular weight excluding hydrogens is 505 g/mol. The number of ether oxygens (including phenoxy) is 1. The van der Waals surface area contributed by atoms with Crippen molar-refractivity contribution in [3.63, 3.8) is 0 Å². The van der Waals surface area contributed by atoms with Crippen LogP contribution in [0.4, 0.5) is 10.1 Å². The van der Waals surface area contributed by atoms with E-state index >= 15 is 0 Å². The minimum atomic E-state index is -3.92. The Labute approximate surface area is 223 Å². The van der Waals surface area contributed by atoms with Crippen LogP contribution < -0.4 is 9.04 Å². The van der Waals surface area contributed by atoms with Gasteiger partial charge in [0, 0.05) is 43.1 Å². The predicted octanol–water partition coefficient (Wildman–Crippen LogP) is 4.72. The molecule has 0 radical (unpaired) electrons. The summed E-state index contributed by atoms with van der Waals surface area (Å²) in [5.41, 5.74) is 0.289. The molecule has 9 heteroatoms. The Morgan fingerprint density at radius 2 is 1.74 bits per heavy atom. The van der Waals surface area contributed by atoms with E-state index in [0.717, 1.165) is 24.8 Å². The highest BCUT2D eigenvalue weighted by Gasteiger charge is 2.45. The van der Waals surface area contributed by atoms with E-state index in [4.69, 9.17) is 4.74 Å². The van der Waals surface area contributed by atoms with E-state index < -0.39 is 21.4 Å². The number of anilines is 1. The highest BCUT2D eigenvalue weighted by molar-refractivity contribution is 7.92. The summed E-state index contributed by atoms with van der Waals surface area (Å²) < 4.78 is 48.2. The molecule has 2 fully saturated rings. The second-order valence-electron chi connectivity index (χ2n) is 10.1. The molecule has 1 saturated heterocycles. The maximum Gasteiger partial charge on any atom is 0.264 e. The number of likely N-dealkylation sites (tertiary alicyclic amines) is 1. The third kappa shape index (κ3) is 5.15. The van der Waals surface area contributed by atoms with Crippen molar-refractivity contribution in [2.75, 3.05) is 24.5 Å². The van der Waals surface area contributed by atoms with Crippen LogP contribution in [0.25, 0.3) is 0 Å². The average Bonchev–Trinajstić information content (AvgIpc) is 2.95. The van der Waals surface area contributed by atoms with Crippen LogP contribution in [0.2, 0.25) is 0 Å². The molecule has 1 saturated carbocycles. The topological polar surface area (TPSA) is 83.0 Å². The second kappa shape index (κ2) is 11.0. The highest BCUT2D eigenvalue weighted by Crippen LogP contribution is 2.41. The van der Waals surface area contributed by atoms with Gasteiger partial charge in [0.25, 0.3) is 10.0 Å². The van der Waals surface area contributed by atoms with Crippen molar-refractivity contribution in [2.45, 2.75) is 61.1 Å². The zero-order chi connectivity index (χ0) is 26.8. The number of pyridine rings is 1. The van der Waals surface area contributed by atoms with Crippen molar-refractivity contribution >= 4 is 15.7 Å². The Morgan fingerprint density at radius 1 is 1.03 bits per heavy atom. The summed E-state index contributed by atoms with van der Waals surface area (Å²) in [5.74, 6) is 0.150. The molecule has 1 N–H and O–H groups in total. The van der Waals surface area contributed by atoms with Gasteiger partial charge in [-0.15, -0.1) is 0 Å². The summed E-state index contributed by atoms with van der Waals surface area (Å²) in [7, 11) is -2.39. The molecule has 2 unspecified atom stereocenters. The summed E-state index contributed by atoms with van der Waals surface area (Å²) in [5, 5.41) is 11.8. The molecule has 2 heterocycles. The normalized spacial score (nSPS) is 23.2.